The molecule has 0 bridgehead atoms. The molecule has 1 amide bonds. The van der Waals surface area contributed by atoms with Gasteiger partial charge in [-0.15, -0.1) is 0 Å². The summed E-state index contributed by atoms with van der Waals surface area (Å²) in [6, 6.07) is 6.90. The first kappa shape index (κ1) is 26.1. The third-order valence-electron chi connectivity index (χ3n) is 7.15. The number of allylic oxidation sites excluding steroid dienone is 2. The van der Waals surface area contributed by atoms with Crippen molar-refractivity contribution in [2.75, 3.05) is 18.5 Å². The standard InChI is InChI=1S/C26H27Cl2N3O5/c1-3-26(24(34)35,31-21-15(2)22(32)25(21)8-10-36-11-9-25)12-16-4-6-17(7-5-16)30-23(33)20-18(27)13-29-14-19(20)28/h4-7,13-14,31H,3,8-12H2,1-2H3,(H,30,33)(H,34,35)/t26-/m0/s1. The number of carboxylic acids is 1. The van der Waals surface area contributed by atoms with Crippen LogP contribution in [0.15, 0.2) is 47.9 Å². The summed E-state index contributed by atoms with van der Waals surface area (Å²) in [4.78, 5) is 41.8. The predicted octanol–water partition coefficient (Wildman–Crippen LogP) is 4.66. The van der Waals surface area contributed by atoms with Gasteiger partial charge in [0.05, 0.1) is 21.0 Å². The number of rotatable bonds is 8. The first-order chi connectivity index (χ1) is 17.1. The van der Waals surface area contributed by atoms with Gasteiger partial charge in [-0.2, -0.15) is 0 Å². The van der Waals surface area contributed by atoms with Gasteiger partial charge >= 0.3 is 5.97 Å². The molecule has 36 heavy (non-hydrogen) atoms. The Labute approximate surface area is 219 Å². The molecule has 1 saturated heterocycles. The highest BCUT2D eigenvalue weighted by molar-refractivity contribution is 6.40. The molecule has 1 aromatic carbocycles. The quantitative estimate of drug-likeness (QED) is 0.453. The second kappa shape index (κ2) is 10.2. The first-order valence-corrected chi connectivity index (χ1v) is 12.4. The van der Waals surface area contributed by atoms with Crippen LogP contribution in [0.1, 0.15) is 49.0 Å². The van der Waals surface area contributed by atoms with Crippen LogP contribution < -0.4 is 10.6 Å². The Morgan fingerprint density at radius 2 is 1.75 bits per heavy atom. The lowest BCUT2D eigenvalue weighted by Crippen LogP contribution is -2.61. The van der Waals surface area contributed by atoms with E-state index in [0.717, 1.165) is 11.3 Å². The summed E-state index contributed by atoms with van der Waals surface area (Å²) in [7, 11) is 0. The van der Waals surface area contributed by atoms with Crippen molar-refractivity contribution in [3.63, 3.8) is 0 Å². The number of halogens is 2. The van der Waals surface area contributed by atoms with Crippen molar-refractivity contribution in [1.29, 1.82) is 0 Å². The zero-order valence-corrected chi connectivity index (χ0v) is 21.5. The SMILES string of the molecule is CC[C@@](Cc1ccc(NC(=O)c2c(Cl)cncc2Cl)cc1)(NC1=C(C)C(=O)C12CCOCC2)C(=O)O. The minimum Gasteiger partial charge on any atom is -0.479 e. The molecule has 1 aromatic heterocycles. The molecule has 1 spiro atoms. The molecule has 1 aliphatic heterocycles. The van der Waals surface area contributed by atoms with E-state index in [9.17, 15) is 19.5 Å². The van der Waals surface area contributed by atoms with Crippen LogP contribution in [0.4, 0.5) is 5.69 Å². The third kappa shape index (κ3) is 4.61. The fourth-order valence-corrected chi connectivity index (χ4v) is 5.48. The molecule has 3 N–H and O–H groups in total. The molecule has 2 aromatic rings. The molecule has 1 fully saturated rings. The Kier molecular flexibility index (Phi) is 7.41. The van der Waals surface area contributed by atoms with E-state index < -0.39 is 22.8 Å². The van der Waals surface area contributed by atoms with Crippen molar-refractivity contribution in [1.82, 2.24) is 10.3 Å². The van der Waals surface area contributed by atoms with Gasteiger partial charge in [0, 0.05) is 49.0 Å². The predicted molar refractivity (Wildman–Crippen MR) is 136 cm³/mol. The van der Waals surface area contributed by atoms with Crippen molar-refractivity contribution in [3.05, 3.63) is 69.1 Å². The number of nitrogens with zero attached hydrogens (tertiary/aromatic N) is 1. The Morgan fingerprint density at radius 3 is 2.31 bits per heavy atom. The van der Waals surface area contributed by atoms with Crippen LogP contribution in [0.25, 0.3) is 0 Å². The van der Waals surface area contributed by atoms with E-state index >= 15 is 0 Å². The van der Waals surface area contributed by atoms with Gasteiger partial charge in [-0.05, 0) is 43.9 Å². The van der Waals surface area contributed by atoms with E-state index in [1.165, 1.54) is 12.4 Å². The van der Waals surface area contributed by atoms with Crippen molar-refractivity contribution in [2.24, 2.45) is 5.41 Å². The zero-order valence-electron chi connectivity index (χ0n) is 20.0. The number of ether oxygens (including phenoxy) is 1. The number of benzene rings is 1. The van der Waals surface area contributed by atoms with Crippen molar-refractivity contribution < 1.29 is 24.2 Å². The summed E-state index contributed by atoms with van der Waals surface area (Å²) >= 11 is 12.1. The number of carbonyl (C=O) groups is 3. The van der Waals surface area contributed by atoms with Crippen LogP contribution in [0.5, 0.6) is 0 Å². The highest BCUT2D eigenvalue weighted by Gasteiger charge is 2.55. The second-order valence-electron chi connectivity index (χ2n) is 9.20. The summed E-state index contributed by atoms with van der Waals surface area (Å²) in [5.41, 5.74) is 0.709. The minimum atomic E-state index is -1.30. The molecule has 8 nitrogen and oxygen atoms in total. The van der Waals surface area contributed by atoms with Gasteiger partial charge in [0.15, 0.2) is 5.78 Å². The highest BCUT2D eigenvalue weighted by atomic mass is 35.5. The fourth-order valence-electron chi connectivity index (χ4n) is 4.95. The number of nitrogens with one attached hydrogen (secondary N) is 2. The lowest BCUT2D eigenvalue weighted by Gasteiger charge is -2.49. The van der Waals surface area contributed by atoms with E-state index in [2.05, 4.69) is 15.6 Å². The van der Waals surface area contributed by atoms with Crippen LogP contribution in [0.2, 0.25) is 10.0 Å². The molecule has 1 atom stereocenters. The first-order valence-electron chi connectivity index (χ1n) is 11.7. The Bertz CT molecular complexity index is 1220. The molecule has 2 aliphatic rings. The molecule has 0 saturated carbocycles. The van der Waals surface area contributed by atoms with E-state index in [4.69, 9.17) is 27.9 Å². The third-order valence-corrected chi connectivity index (χ3v) is 7.72. The van der Waals surface area contributed by atoms with E-state index in [1.807, 2.05) is 6.92 Å². The molecule has 0 unspecified atom stereocenters. The maximum atomic E-state index is 12.8. The van der Waals surface area contributed by atoms with Crippen LogP contribution in [-0.2, 0) is 20.7 Å². The van der Waals surface area contributed by atoms with E-state index in [1.54, 1.807) is 31.2 Å². The highest BCUT2D eigenvalue weighted by Crippen LogP contribution is 2.49. The van der Waals surface area contributed by atoms with Crippen LogP contribution in [0, 0.1) is 5.41 Å². The zero-order chi connectivity index (χ0) is 26.1. The lowest BCUT2D eigenvalue weighted by molar-refractivity contribution is -0.146. The van der Waals surface area contributed by atoms with Crippen LogP contribution in [0.3, 0.4) is 0 Å². The number of hydrogen-bond donors (Lipinski definition) is 3. The number of hydrogen-bond acceptors (Lipinski definition) is 6. The van der Waals surface area contributed by atoms with Gasteiger partial charge in [-0.3, -0.25) is 14.6 Å². The number of pyridine rings is 1. The smallest absolute Gasteiger partial charge is 0.329 e. The molecule has 10 heteroatoms. The molecular formula is C26H27Cl2N3O5. The summed E-state index contributed by atoms with van der Waals surface area (Å²) in [6.07, 6.45) is 4.26. The minimum absolute atomic E-state index is 0.0678. The van der Waals surface area contributed by atoms with Gasteiger partial charge in [-0.1, -0.05) is 42.3 Å². The topological polar surface area (TPSA) is 118 Å². The fraction of sp³-hybridized carbons (Fsp3) is 0.385. The molecular weight excluding hydrogens is 505 g/mol. The summed E-state index contributed by atoms with van der Waals surface area (Å²) in [5.74, 6) is -1.40. The monoisotopic (exact) mass is 531 g/mol. The lowest BCUT2D eigenvalue weighted by atomic mass is 9.61. The summed E-state index contributed by atoms with van der Waals surface area (Å²) in [6.45, 7) is 4.50. The maximum Gasteiger partial charge on any atom is 0.329 e. The van der Waals surface area contributed by atoms with Crippen molar-refractivity contribution in [2.45, 2.75) is 45.1 Å². The van der Waals surface area contributed by atoms with Gasteiger partial charge < -0.3 is 20.5 Å². The molecule has 1 aliphatic carbocycles. The second-order valence-corrected chi connectivity index (χ2v) is 10.0. The Hall–Kier alpha value is -2.94. The Morgan fingerprint density at radius 1 is 1.14 bits per heavy atom. The van der Waals surface area contributed by atoms with Gasteiger partial charge in [-0.25, -0.2) is 4.79 Å². The Balaban J connectivity index is 1.53. The number of ketones is 1. The number of Topliss-reactive ketones (excluding diaryl/α,β-unsaturated/α-hetero) is 1. The number of anilines is 1. The van der Waals surface area contributed by atoms with Gasteiger partial charge in [0.1, 0.15) is 5.54 Å². The van der Waals surface area contributed by atoms with Crippen LogP contribution >= 0.6 is 23.2 Å². The van der Waals surface area contributed by atoms with Crippen LogP contribution in [-0.4, -0.2) is 46.5 Å². The normalized spacial score (nSPS) is 18.4. The molecule has 2 heterocycles. The van der Waals surface area contributed by atoms with Crippen molar-refractivity contribution in [3.8, 4) is 0 Å². The number of aromatic nitrogens is 1. The molecule has 4 rings (SSSR count). The number of amides is 1. The molecule has 0 radical (unpaired) electrons. The van der Waals surface area contributed by atoms with E-state index in [-0.39, 0.29) is 27.8 Å². The number of carbonyl (C=O) groups excluding carboxylic acids is 2. The average molecular weight is 532 g/mol. The number of carboxylic acid groups (broad SMARTS) is 1. The van der Waals surface area contributed by atoms with Gasteiger partial charge in [0.2, 0.25) is 0 Å². The molecule has 190 valence electrons. The number of aliphatic carboxylic acids is 1. The van der Waals surface area contributed by atoms with E-state index in [0.29, 0.717) is 43.7 Å². The average Bonchev–Trinajstić information content (AvgIpc) is 2.87. The maximum absolute atomic E-state index is 12.8. The van der Waals surface area contributed by atoms with Crippen molar-refractivity contribution >= 4 is 46.5 Å². The summed E-state index contributed by atoms with van der Waals surface area (Å²) < 4.78 is 5.45. The largest absolute Gasteiger partial charge is 0.479 e. The van der Waals surface area contributed by atoms with Gasteiger partial charge in [0.25, 0.3) is 5.91 Å². The summed E-state index contributed by atoms with van der Waals surface area (Å²) in [5, 5.41) is 16.6.